The average Bonchev–Trinajstić information content (AvgIpc) is 0.869. The largest absolute Gasteiger partial charge is 0.464 e. The lowest BCUT2D eigenvalue weighted by molar-refractivity contribution is -0.155. The fraction of sp³-hybridized carbons (Fsp3) is 0.927. The van der Waals surface area contributed by atoms with Crippen molar-refractivity contribution < 1.29 is 104 Å². The number of unbranched alkanes of at least 4 members (excludes halogenated alkanes) is 34. The van der Waals surface area contributed by atoms with Gasteiger partial charge in [0.05, 0.1) is 38.1 Å². The van der Waals surface area contributed by atoms with Crippen molar-refractivity contribution in [2.75, 3.05) is 19.8 Å². The van der Waals surface area contributed by atoms with Gasteiger partial charge in [0.15, 0.2) is 18.3 Å². The van der Waals surface area contributed by atoms with Gasteiger partial charge in [-0.1, -0.05) is 315 Å². The molecule has 0 bridgehead atoms. The summed E-state index contributed by atoms with van der Waals surface area (Å²) < 4.78 is 16.0. The van der Waals surface area contributed by atoms with Crippen molar-refractivity contribution in [2.24, 2.45) is 17.8 Å². The standard InChI is InChI=1S/C29H57NO7.C28H55NO7.C24H47NO7.CH4/c1-5-8-9-10-11-12-13-14-15-16-17-18-19-20-21-37-29(36)24(22(4)6-2)30-28(35)27(34)26(33)25(32)23(31)7-3;1-5-7-8-9-10-11-12-13-14-15-16-17-18-19-36-28(35)22(20-21(3)4)29-27(34)26(33)25(32)24(31)23(30)6-2;1-5-7-8-9-10-11-12-13-14-15-16-32-24(31)19(17(3)4)25-23(30)22(29)21(28)20(27)18(26)6-2;/h22-27,31-34H,5-21H2,1-4H3,(H,30,35);21-26,30-33H,5-20H2,1-4H3,(H,29,34);17-22,26-29H,5-16H2,1-4H3,(H,25,30);1H4/t22?,23-,24?,25-,26+,27-;22?,23-,24-,25+,26-;18-,19?,20-,21+,22-;/m111./s1. The van der Waals surface area contributed by atoms with E-state index in [4.69, 9.17) is 14.2 Å². The van der Waals surface area contributed by atoms with Crippen LogP contribution in [0.2, 0.25) is 0 Å². The van der Waals surface area contributed by atoms with Crippen LogP contribution in [-0.4, -0.2) is 208 Å². The molecule has 0 saturated heterocycles. The lowest BCUT2D eigenvalue weighted by atomic mass is 9.97. The fourth-order valence-electron chi connectivity index (χ4n) is 11.8. The summed E-state index contributed by atoms with van der Waals surface area (Å²) in [4.78, 5) is 74.6. The van der Waals surface area contributed by atoms with Gasteiger partial charge in [-0.3, -0.25) is 14.4 Å². The minimum Gasteiger partial charge on any atom is -0.464 e. The Hall–Kier alpha value is -3.66. The molecule has 0 radical (unpaired) electrons. The van der Waals surface area contributed by atoms with Crippen molar-refractivity contribution in [3.8, 4) is 0 Å². The molecule has 0 aromatic heterocycles. The monoisotopic (exact) mass is 1530 g/mol. The van der Waals surface area contributed by atoms with E-state index >= 15 is 0 Å². The molecule has 0 aliphatic rings. The Morgan fingerprint density at radius 1 is 0.283 bits per heavy atom. The number of aliphatic hydroxyl groups excluding tert-OH is 12. The van der Waals surface area contributed by atoms with Crippen LogP contribution in [0.25, 0.3) is 0 Å². The Morgan fingerprint density at radius 2 is 0.509 bits per heavy atom. The second kappa shape index (κ2) is 71.6. The van der Waals surface area contributed by atoms with Gasteiger partial charge in [0.2, 0.25) is 0 Å². The Balaban J connectivity index is -0.000000735. The predicted octanol–water partition coefficient (Wildman–Crippen LogP) is 11.5. The van der Waals surface area contributed by atoms with E-state index in [-0.39, 0.29) is 64.3 Å². The van der Waals surface area contributed by atoms with Crippen molar-refractivity contribution in [1.82, 2.24) is 16.0 Å². The maximum Gasteiger partial charge on any atom is 0.328 e. The molecule has 0 saturated carbocycles. The first kappa shape index (κ1) is 109. The minimum atomic E-state index is -1.98. The maximum absolute atomic E-state index is 12.6. The van der Waals surface area contributed by atoms with Crippen LogP contribution in [0.15, 0.2) is 0 Å². The normalized spacial score (nSPS) is 16.0. The van der Waals surface area contributed by atoms with Crippen molar-refractivity contribution in [3.63, 3.8) is 0 Å². The molecule has 24 nitrogen and oxygen atoms in total. The fourth-order valence-corrected chi connectivity index (χ4v) is 11.8. The molecule has 24 heteroatoms. The average molecular weight is 1530 g/mol. The van der Waals surface area contributed by atoms with Gasteiger partial charge in [-0.15, -0.1) is 0 Å². The maximum atomic E-state index is 12.6. The lowest BCUT2D eigenvalue weighted by Crippen LogP contribution is -2.55. The number of carbonyl (C=O) groups excluding carboxylic acids is 6. The van der Waals surface area contributed by atoms with Crippen molar-refractivity contribution in [2.45, 2.75) is 452 Å². The highest BCUT2D eigenvalue weighted by molar-refractivity contribution is 5.89. The molecular formula is C82H163N3O21. The molecule has 106 heavy (non-hydrogen) atoms. The summed E-state index contributed by atoms with van der Waals surface area (Å²) in [6, 6.07) is -2.92. The number of nitrogens with one attached hydrogen (secondary N) is 3. The minimum absolute atomic E-state index is 0. The smallest absolute Gasteiger partial charge is 0.328 e. The number of rotatable bonds is 66. The van der Waals surface area contributed by atoms with E-state index in [1.165, 1.54) is 180 Å². The second-order valence-corrected chi connectivity index (χ2v) is 30.0. The van der Waals surface area contributed by atoms with Crippen molar-refractivity contribution in [1.29, 1.82) is 0 Å². The van der Waals surface area contributed by atoms with Crippen LogP contribution in [0.4, 0.5) is 0 Å². The highest BCUT2D eigenvalue weighted by Gasteiger charge is 2.39. The highest BCUT2D eigenvalue weighted by atomic mass is 16.5. The van der Waals surface area contributed by atoms with E-state index in [0.29, 0.717) is 12.8 Å². The molecule has 0 rings (SSSR count). The van der Waals surface area contributed by atoms with Crippen LogP contribution >= 0.6 is 0 Å². The summed E-state index contributed by atoms with van der Waals surface area (Å²) in [6.45, 7) is 23.2. The summed E-state index contributed by atoms with van der Waals surface area (Å²) in [7, 11) is 0. The summed E-state index contributed by atoms with van der Waals surface area (Å²) in [5.41, 5.74) is 0. The number of hydrogen-bond acceptors (Lipinski definition) is 21. The Bertz CT molecular complexity index is 2080. The van der Waals surface area contributed by atoms with E-state index in [2.05, 4.69) is 36.7 Å². The molecule has 0 aliphatic heterocycles. The van der Waals surface area contributed by atoms with Gasteiger partial charge in [0.1, 0.15) is 54.7 Å². The van der Waals surface area contributed by atoms with Gasteiger partial charge < -0.3 is 91.4 Å². The highest BCUT2D eigenvalue weighted by Crippen LogP contribution is 2.20. The molecule has 0 aromatic carbocycles. The van der Waals surface area contributed by atoms with Gasteiger partial charge in [0, 0.05) is 0 Å². The number of ether oxygens (including phenoxy) is 3. The van der Waals surface area contributed by atoms with Crippen LogP contribution in [-0.2, 0) is 43.0 Å². The predicted molar refractivity (Wildman–Crippen MR) is 420 cm³/mol. The molecule has 0 aliphatic carbocycles. The molecule has 16 atom stereocenters. The van der Waals surface area contributed by atoms with E-state index in [0.717, 1.165) is 57.8 Å². The van der Waals surface area contributed by atoms with Crippen molar-refractivity contribution in [3.05, 3.63) is 0 Å². The van der Waals surface area contributed by atoms with Gasteiger partial charge >= 0.3 is 17.9 Å². The molecule has 15 N–H and O–H groups in total. The topological polar surface area (TPSA) is 409 Å². The molecule has 632 valence electrons. The molecule has 0 spiro atoms. The van der Waals surface area contributed by atoms with E-state index in [1.807, 2.05) is 20.8 Å². The van der Waals surface area contributed by atoms with Crippen LogP contribution in [0.5, 0.6) is 0 Å². The molecular weight excluding hydrogens is 1360 g/mol. The second-order valence-electron chi connectivity index (χ2n) is 30.0. The SMILES string of the molecule is C.CCCCCCCCCCCCCCCCOC(=O)C(NC(=O)[C@H](O)[C@@H](O)[C@H](O)[C@H](O)CC)C(C)CC.CCCCCCCCCCCCCCCOC(=O)C(CC(C)C)NC(=O)[C@H](O)[C@@H](O)[C@H](O)[C@H](O)CC.CCCCCCCCCCCCOC(=O)C(NC(=O)[C@H](O)[C@@H](O)[C@H](O)[C@H](O)CC)C(C)C. The van der Waals surface area contributed by atoms with E-state index in [1.54, 1.807) is 41.5 Å². The number of carbonyl (C=O) groups is 6. The van der Waals surface area contributed by atoms with Crippen molar-refractivity contribution >= 4 is 35.6 Å². The zero-order chi connectivity index (χ0) is 79.9. The number of esters is 3. The molecule has 4 unspecified atom stereocenters. The Labute approximate surface area is 642 Å². The third-order valence-electron chi connectivity index (χ3n) is 19.5. The molecule has 3 amide bonds. The van der Waals surface area contributed by atoms with Gasteiger partial charge in [-0.25, -0.2) is 14.4 Å². The quantitative estimate of drug-likeness (QED) is 0.0153. The number of aliphatic hydroxyl groups is 12. The summed E-state index contributed by atoms with van der Waals surface area (Å²) in [6.07, 6.45) is 25.9. The van der Waals surface area contributed by atoms with Gasteiger partial charge in [0.25, 0.3) is 17.7 Å². The van der Waals surface area contributed by atoms with Crippen LogP contribution in [0.1, 0.15) is 360 Å². The lowest BCUT2D eigenvalue weighted by Gasteiger charge is -2.28. The zero-order valence-electron chi connectivity index (χ0n) is 67.8. The molecule has 0 heterocycles. The van der Waals surface area contributed by atoms with E-state index < -0.39 is 127 Å². The summed E-state index contributed by atoms with van der Waals surface area (Å²) >= 11 is 0. The first-order valence-corrected chi connectivity index (χ1v) is 41.6. The number of hydrogen-bond donors (Lipinski definition) is 15. The Kier molecular flexibility index (Phi) is 73.5. The number of amides is 3. The Morgan fingerprint density at radius 3 is 0.745 bits per heavy atom. The molecule has 0 aromatic rings. The first-order chi connectivity index (χ1) is 50.0. The first-order valence-electron chi connectivity index (χ1n) is 41.6. The summed E-state index contributed by atoms with van der Waals surface area (Å²) in [5, 5.41) is 126. The third kappa shape index (κ3) is 54.9. The zero-order valence-corrected chi connectivity index (χ0v) is 67.8. The van der Waals surface area contributed by atoms with Crippen LogP contribution < -0.4 is 16.0 Å². The van der Waals surface area contributed by atoms with Crippen LogP contribution in [0, 0.1) is 17.8 Å². The van der Waals surface area contributed by atoms with Gasteiger partial charge in [-0.05, 0) is 62.7 Å². The van der Waals surface area contributed by atoms with Crippen LogP contribution in [0.3, 0.4) is 0 Å². The van der Waals surface area contributed by atoms with Gasteiger partial charge in [-0.2, -0.15) is 0 Å². The molecule has 0 fully saturated rings. The summed E-state index contributed by atoms with van der Waals surface area (Å²) in [5.74, 6) is -5.21. The third-order valence-corrected chi connectivity index (χ3v) is 19.5. The van der Waals surface area contributed by atoms with E-state index in [9.17, 15) is 90.0 Å².